The minimum Gasteiger partial charge on any atom is -0.368 e. The Balaban J connectivity index is 3.01. The molecule has 3 nitrogen and oxygen atoms in total. The average molecular weight is 202 g/mol. The molecule has 1 aromatic heterocycles. The number of halogens is 2. The molecule has 0 aliphatic heterocycles. The standard InChI is InChI=1S/C7H5Cl2N3/c8-3-1-2-5-4-11-7(10)12-6(5)9/h4H,3H2,(H2,10,11,12). The van der Waals surface area contributed by atoms with Gasteiger partial charge in [-0.1, -0.05) is 23.4 Å². The van der Waals surface area contributed by atoms with Crippen molar-refractivity contribution in [1.29, 1.82) is 0 Å². The van der Waals surface area contributed by atoms with E-state index in [2.05, 4.69) is 21.8 Å². The second kappa shape index (κ2) is 4.15. The van der Waals surface area contributed by atoms with E-state index in [4.69, 9.17) is 28.9 Å². The van der Waals surface area contributed by atoms with Gasteiger partial charge in [-0.2, -0.15) is 4.98 Å². The number of rotatable bonds is 0. The maximum absolute atomic E-state index is 5.69. The van der Waals surface area contributed by atoms with Gasteiger partial charge in [0.1, 0.15) is 5.15 Å². The summed E-state index contributed by atoms with van der Waals surface area (Å²) in [6.07, 6.45) is 1.46. The molecule has 0 aliphatic carbocycles. The maximum Gasteiger partial charge on any atom is 0.221 e. The molecule has 0 unspecified atom stereocenters. The third-order valence-electron chi connectivity index (χ3n) is 1.05. The smallest absolute Gasteiger partial charge is 0.221 e. The summed E-state index contributed by atoms with van der Waals surface area (Å²) in [7, 11) is 0. The van der Waals surface area contributed by atoms with Gasteiger partial charge in [-0.15, -0.1) is 11.6 Å². The topological polar surface area (TPSA) is 51.8 Å². The minimum atomic E-state index is 0.136. The predicted molar refractivity (Wildman–Crippen MR) is 49.1 cm³/mol. The van der Waals surface area contributed by atoms with Gasteiger partial charge in [-0.25, -0.2) is 4.98 Å². The number of hydrogen-bond acceptors (Lipinski definition) is 3. The van der Waals surface area contributed by atoms with Crippen LogP contribution in [0, 0.1) is 11.8 Å². The highest BCUT2D eigenvalue weighted by Gasteiger charge is 1.98. The molecule has 0 aliphatic rings. The van der Waals surface area contributed by atoms with E-state index >= 15 is 0 Å². The Bertz CT molecular complexity index is 340. The van der Waals surface area contributed by atoms with Crippen LogP contribution in [0.1, 0.15) is 5.56 Å². The van der Waals surface area contributed by atoms with E-state index in [1.54, 1.807) is 0 Å². The van der Waals surface area contributed by atoms with Gasteiger partial charge in [-0.05, 0) is 0 Å². The SMILES string of the molecule is Nc1ncc(C#CCCl)c(Cl)n1. The van der Waals surface area contributed by atoms with E-state index in [0.29, 0.717) is 5.56 Å². The fraction of sp³-hybridized carbons (Fsp3) is 0.143. The van der Waals surface area contributed by atoms with Crippen LogP contribution in [0.5, 0.6) is 0 Å². The van der Waals surface area contributed by atoms with Gasteiger partial charge < -0.3 is 5.73 Å². The molecule has 5 heteroatoms. The van der Waals surface area contributed by atoms with Gasteiger partial charge >= 0.3 is 0 Å². The first kappa shape index (κ1) is 9.11. The number of hydrogen-bond donors (Lipinski definition) is 1. The highest BCUT2D eigenvalue weighted by Crippen LogP contribution is 2.10. The predicted octanol–water partition coefficient (Wildman–Crippen LogP) is 1.30. The van der Waals surface area contributed by atoms with Gasteiger partial charge in [0.15, 0.2) is 0 Å². The lowest BCUT2D eigenvalue weighted by Gasteiger charge is -1.94. The first-order valence-electron chi connectivity index (χ1n) is 3.07. The highest BCUT2D eigenvalue weighted by molar-refractivity contribution is 6.30. The summed E-state index contributed by atoms with van der Waals surface area (Å²) in [6.45, 7) is 0. The van der Waals surface area contributed by atoms with Crippen LogP contribution in [0.4, 0.5) is 5.95 Å². The fourth-order valence-electron chi connectivity index (χ4n) is 0.586. The molecule has 0 fully saturated rings. The zero-order valence-electron chi connectivity index (χ0n) is 6.01. The fourth-order valence-corrected chi connectivity index (χ4v) is 0.836. The summed E-state index contributed by atoms with van der Waals surface area (Å²) in [6, 6.07) is 0. The number of nitrogens with zero attached hydrogens (tertiary/aromatic N) is 2. The van der Waals surface area contributed by atoms with E-state index in [0.717, 1.165) is 0 Å². The van der Waals surface area contributed by atoms with Crippen LogP contribution in [0.25, 0.3) is 0 Å². The third-order valence-corrected chi connectivity index (χ3v) is 1.47. The van der Waals surface area contributed by atoms with E-state index in [1.807, 2.05) is 0 Å². The van der Waals surface area contributed by atoms with Crippen LogP contribution in [0.2, 0.25) is 5.15 Å². The zero-order valence-corrected chi connectivity index (χ0v) is 7.52. The molecule has 0 bridgehead atoms. The Hall–Kier alpha value is -0.980. The van der Waals surface area contributed by atoms with E-state index < -0.39 is 0 Å². The van der Waals surface area contributed by atoms with E-state index in [1.165, 1.54) is 6.20 Å². The van der Waals surface area contributed by atoms with E-state index in [-0.39, 0.29) is 17.0 Å². The molecule has 0 aromatic carbocycles. The quantitative estimate of drug-likeness (QED) is 0.392. The molecule has 0 amide bonds. The van der Waals surface area contributed by atoms with Crippen molar-refractivity contribution in [3.05, 3.63) is 16.9 Å². The molecule has 0 atom stereocenters. The summed E-state index contributed by atoms with van der Waals surface area (Å²) in [5, 5.41) is 0.250. The summed E-state index contributed by atoms with van der Waals surface area (Å²) in [5.41, 5.74) is 5.81. The summed E-state index contributed by atoms with van der Waals surface area (Å²) in [5.74, 6) is 5.72. The molecule has 12 heavy (non-hydrogen) atoms. The first-order valence-corrected chi connectivity index (χ1v) is 3.98. The third kappa shape index (κ3) is 2.26. The van der Waals surface area contributed by atoms with Gasteiger partial charge in [0.05, 0.1) is 11.4 Å². The van der Waals surface area contributed by atoms with Crippen molar-refractivity contribution in [2.24, 2.45) is 0 Å². The largest absolute Gasteiger partial charge is 0.368 e. The molecule has 1 rings (SSSR count). The van der Waals surface area contributed by atoms with Crippen molar-refractivity contribution in [3.63, 3.8) is 0 Å². The number of aromatic nitrogens is 2. The van der Waals surface area contributed by atoms with Crippen LogP contribution >= 0.6 is 23.2 Å². The average Bonchev–Trinajstić information content (AvgIpc) is 2.03. The summed E-state index contributed by atoms with van der Waals surface area (Å²) in [4.78, 5) is 7.44. The molecular weight excluding hydrogens is 197 g/mol. The van der Waals surface area contributed by atoms with Crippen molar-refractivity contribution in [3.8, 4) is 11.8 Å². The van der Waals surface area contributed by atoms with Crippen LogP contribution in [-0.4, -0.2) is 15.8 Å². The molecule has 2 N–H and O–H groups in total. The minimum absolute atomic E-state index is 0.136. The van der Waals surface area contributed by atoms with Crippen molar-refractivity contribution in [2.75, 3.05) is 11.6 Å². The highest BCUT2D eigenvalue weighted by atomic mass is 35.5. The number of nitrogen functional groups attached to an aromatic ring is 1. The lowest BCUT2D eigenvalue weighted by Crippen LogP contribution is -1.95. The maximum atomic E-state index is 5.69. The van der Waals surface area contributed by atoms with Gasteiger partial charge in [0.25, 0.3) is 0 Å². The normalized spacial score (nSPS) is 8.83. The second-order valence-corrected chi connectivity index (χ2v) is 2.49. The van der Waals surface area contributed by atoms with Gasteiger partial charge in [0, 0.05) is 6.20 Å². The Labute approximate surface area is 79.9 Å². The summed E-state index contributed by atoms with van der Waals surface area (Å²) >= 11 is 11.0. The van der Waals surface area contributed by atoms with Crippen LogP contribution in [0.3, 0.4) is 0 Å². The monoisotopic (exact) mass is 201 g/mol. The van der Waals surface area contributed by atoms with Crippen molar-refractivity contribution < 1.29 is 0 Å². The lowest BCUT2D eigenvalue weighted by atomic mass is 10.3. The molecule has 0 saturated heterocycles. The molecular formula is C7H5Cl2N3. The number of nitrogens with two attached hydrogens (primary N) is 1. The number of alkyl halides is 1. The zero-order chi connectivity index (χ0) is 8.97. The molecule has 0 spiro atoms. The van der Waals surface area contributed by atoms with Crippen molar-refractivity contribution in [2.45, 2.75) is 0 Å². The Morgan fingerprint density at radius 2 is 2.33 bits per heavy atom. The summed E-state index contributed by atoms with van der Waals surface area (Å²) < 4.78 is 0. The number of anilines is 1. The molecule has 1 heterocycles. The van der Waals surface area contributed by atoms with Crippen molar-refractivity contribution >= 4 is 29.2 Å². The van der Waals surface area contributed by atoms with Crippen LogP contribution in [0.15, 0.2) is 6.20 Å². The Morgan fingerprint density at radius 3 is 2.92 bits per heavy atom. The van der Waals surface area contributed by atoms with Crippen LogP contribution < -0.4 is 5.73 Å². The van der Waals surface area contributed by atoms with Gasteiger partial charge in [-0.3, -0.25) is 0 Å². The second-order valence-electron chi connectivity index (χ2n) is 1.87. The van der Waals surface area contributed by atoms with E-state index in [9.17, 15) is 0 Å². The van der Waals surface area contributed by atoms with Crippen LogP contribution in [-0.2, 0) is 0 Å². The molecule has 0 saturated carbocycles. The molecule has 62 valence electrons. The van der Waals surface area contributed by atoms with Gasteiger partial charge in [0.2, 0.25) is 5.95 Å². The first-order chi connectivity index (χ1) is 5.74. The molecule has 0 radical (unpaired) electrons. The molecule has 1 aromatic rings. The van der Waals surface area contributed by atoms with Crippen molar-refractivity contribution in [1.82, 2.24) is 9.97 Å². The Morgan fingerprint density at radius 1 is 1.58 bits per heavy atom. The lowest BCUT2D eigenvalue weighted by molar-refractivity contribution is 1.17. The Kier molecular flexibility index (Phi) is 3.15.